The molecule has 1 aliphatic rings. The van der Waals surface area contributed by atoms with Gasteiger partial charge in [-0.3, -0.25) is 0 Å². The molecule has 0 aliphatic heterocycles. The van der Waals surface area contributed by atoms with E-state index < -0.39 is 0 Å². The van der Waals surface area contributed by atoms with Crippen molar-refractivity contribution in [3.8, 4) is 0 Å². The highest BCUT2D eigenvalue weighted by molar-refractivity contribution is 5.22. The fourth-order valence-electron chi connectivity index (χ4n) is 1.38. The van der Waals surface area contributed by atoms with Crippen LogP contribution in [-0.2, 0) is 4.74 Å². The van der Waals surface area contributed by atoms with Gasteiger partial charge in [-0.25, -0.2) is 0 Å². The molecule has 1 unspecified atom stereocenters. The Morgan fingerprint density at radius 1 is 1.54 bits per heavy atom. The second-order valence-electron chi connectivity index (χ2n) is 4.14. The van der Waals surface area contributed by atoms with E-state index >= 15 is 0 Å². The molecule has 1 rings (SSSR count). The van der Waals surface area contributed by atoms with Crippen LogP contribution in [0.3, 0.4) is 0 Å². The van der Waals surface area contributed by atoms with E-state index in [0.29, 0.717) is 6.10 Å². The second kappa shape index (κ2) is 5.23. The summed E-state index contributed by atoms with van der Waals surface area (Å²) >= 11 is 0. The summed E-state index contributed by atoms with van der Waals surface area (Å²) in [6.45, 7) is 7.46. The number of hydrogen-bond acceptors (Lipinski definition) is 1. The minimum atomic E-state index is 0.323. The van der Waals surface area contributed by atoms with Gasteiger partial charge in [0.25, 0.3) is 0 Å². The largest absolute Gasteiger partial charge is 0.374 e. The van der Waals surface area contributed by atoms with Gasteiger partial charge in [-0.05, 0) is 25.7 Å². The molecule has 0 fully saturated rings. The highest BCUT2D eigenvalue weighted by Crippen LogP contribution is 2.13. The van der Waals surface area contributed by atoms with Crippen LogP contribution < -0.4 is 0 Å². The molecule has 0 aromatic rings. The normalized spacial score (nSPS) is 22.2. The third-order valence-corrected chi connectivity index (χ3v) is 2.23. The van der Waals surface area contributed by atoms with Gasteiger partial charge in [-0.2, -0.15) is 0 Å². The molecule has 13 heavy (non-hydrogen) atoms. The summed E-state index contributed by atoms with van der Waals surface area (Å²) in [5.41, 5.74) is 1.32. The summed E-state index contributed by atoms with van der Waals surface area (Å²) in [6, 6.07) is 0. The van der Waals surface area contributed by atoms with E-state index in [1.807, 2.05) is 0 Å². The standard InChI is InChI=1S/C12H20O/c1-10(2)7-8-13-12-6-4-5-11(3)9-12/h4-5,9-10,12H,6-8H2,1-3H3. The number of rotatable bonds is 4. The lowest BCUT2D eigenvalue weighted by Gasteiger charge is -2.16. The molecule has 1 aliphatic carbocycles. The fraction of sp³-hybridized carbons (Fsp3) is 0.667. The van der Waals surface area contributed by atoms with Gasteiger partial charge in [0.2, 0.25) is 0 Å². The van der Waals surface area contributed by atoms with E-state index in [0.717, 1.165) is 25.4 Å². The Balaban J connectivity index is 2.19. The van der Waals surface area contributed by atoms with Gasteiger partial charge in [-0.1, -0.05) is 37.6 Å². The van der Waals surface area contributed by atoms with Crippen LogP contribution in [0.5, 0.6) is 0 Å². The molecule has 0 saturated carbocycles. The lowest BCUT2D eigenvalue weighted by atomic mass is 10.1. The predicted octanol–water partition coefficient (Wildman–Crippen LogP) is 3.32. The smallest absolute Gasteiger partial charge is 0.0795 e. The van der Waals surface area contributed by atoms with Crippen LogP contribution >= 0.6 is 0 Å². The Hall–Kier alpha value is -0.560. The van der Waals surface area contributed by atoms with Crippen LogP contribution in [-0.4, -0.2) is 12.7 Å². The van der Waals surface area contributed by atoms with E-state index in [1.54, 1.807) is 0 Å². The molecule has 74 valence electrons. The zero-order valence-corrected chi connectivity index (χ0v) is 8.92. The number of ether oxygens (including phenoxy) is 1. The minimum Gasteiger partial charge on any atom is -0.374 e. The molecular weight excluding hydrogens is 160 g/mol. The Kier molecular flexibility index (Phi) is 4.23. The highest BCUT2D eigenvalue weighted by Gasteiger charge is 2.07. The summed E-state index contributed by atoms with van der Waals surface area (Å²) in [5, 5.41) is 0. The van der Waals surface area contributed by atoms with Crippen LogP contribution in [0.1, 0.15) is 33.6 Å². The van der Waals surface area contributed by atoms with Crippen molar-refractivity contribution in [2.45, 2.75) is 39.7 Å². The van der Waals surface area contributed by atoms with E-state index in [4.69, 9.17) is 4.74 Å². The maximum absolute atomic E-state index is 5.74. The Bertz CT molecular complexity index is 201. The Morgan fingerprint density at radius 2 is 2.31 bits per heavy atom. The lowest BCUT2D eigenvalue weighted by molar-refractivity contribution is 0.0778. The van der Waals surface area contributed by atoms with Gasteiger partial charge in [0.05, 0.1) is 6.10 Å². The summed E-state index contributed by atoms with van der Waals surface area (Å²) in [5.74, 6) is 0.740. The molecule has 1 atom stereocenters. The van der Waals surface area contributed by atoms with Crippen LogP contribution in [0.4, 0.5) is 0 Å². The molecule has 1 nitrogen and oxygen atoms in total. The van der Waals surface area contributed by atoms with E-state index in [9.17, 15) is 0 Å². The van der Waals surface area contributed by atoms with Crippen molar-refractivity contribution in [1.29, 1.82) is 0 Å². The molecule has 0 N–H and O–H groups in total. The third kappa shape index (κ3) is 4.28. The van der Waals surface area contributed by atoms with Crippen LogP contribution in [0.15, 0.2) is 23.8 Å². The Morgan fingerprint density at radius 3 is 2.92 bits per heavy atom. The molecule has 0 aromatic heterocycles. The lowest BCUT2D eigenvalue weighted by Crippen LogP contribution is -2.13. The van der Waals surface area contributed by atoms with E-state index in [1.165, 1.54) is 5.57 Å². The van der Waals surface area contributed by atoms with Crippen molar-refractivity contribution in [2.24, 2.45) is 5.92 Å². The summed E-state index contributed by atoms with van der Waals surface area (Å²) in [7, 11) is 0. The monoisotopic (exact) mass is 180 g/mol. The van der Waals surface area contributed by atoms with Gasteiger partial charge in [0, 0.05) is 6.61 Å². The average molecular weight is 180 g/mol. The maximum atomic E-state index is 5.74. The summed E-state index contributed by atoms with van der Waals surface area (Å²) < 4.78 is 5.74. The topological polar surface area (TPSA) is 9.23 Å². The summed E-state index contributed by atoms with van der Waals surface area (Å²) in [4.78, 5) is 0. The zero-order valence-electron chi connectivity index (χ0n) is 8.92. The average Bonchev–Trinajstić information content (AvgIpc) is 2.03. The molecule has 0 amide bonds. The predicted molar refractivity (Wildman–Crippen MR) is 56.7 cm³/mol. The Labute approximate surface area is 81.5 Å². The SMILES string of the molecule is CC1=CC(OCCC(C)C)CC=C1. The number of allylic oxidation sites excluding steroid dienone is 2. The van der Waals surface area contributed by atoms with Crippen LogP contribution in [0.25, 0.3) is 0 Å². The molecular formula is C12H20O. The van der Waals surface area contributed by atoms with Crippen LogP contribution in [0.2, 0.25) is 0 Å². The quantitative estimate of drug-likeness (QED) is 0.645. The van der Waals surface area contributed by atoms with Crippen LogP contribution in [0, 0.1) is 5.92 Å². The summed E-state index contributed by atoms with van der Waals surface area (Å²) in [6.07, 6.45) is 9.07. The van der Waals surface area contributed by atoms with Crippen molar-refractivity contribution >= 4 is 0 Å². The molecule has 0 heterocycles. The van der Waals surface area contributed by atoms with Crippen molar-refractivity contribution < 1.29 is 4.74 Å². The molecule has 0 saturated heterocycles. The first kappa shape index (κ1) is 10.5. The van der Waals surface area contributed by atoms with Gasteiger partial charge in [-0.15, -0.1) is 0 Å². The van der Waals surface area contributed by atoms with Crippen molar-refractivity contribution in [3.63, 3.8) is 0 Å². The molecule has 0 spiro atoms. The van der Waals surface area contributed by atoms with E-state index in [-0.39, 0.29) is 0 Å². The van der Waals surface area contributed by atoms with Crippen molar-refractivity contribution in [1.82, 2.24) is 0 Å². The van der Waals surface area contributed by atoms with Gasteiger partial charge < -0.3 is 4.74 Å². The zero-order chi connectivity index (χ0) is 9.68. The van der Waals surface area contributed by atoms with Gasteiger partial charge in [0.1, 0.15) is 0 Å². The first-order valence-electron chi connectivity index (χ1n) is 5.15. The first-order chi connectivity index (χ1) is 6.18. The molecule has 1 heteroatoms. The fourth-order valence-corrected chi connectivity index (χ4v) is 1.38. The van der Waals surface area contributed by atoms with E-state index in [2.05, 4.69) is 39.0 Å². The molecule has 0 radical (unpaired) electrons. The second-order valence-corrected chi connectivity index (χ2v) is 4.14. The minimum absolute atomic E-state index is 0.323. The van der Waals surface area contributed by atoms with Crippen molar-refractivity contribution in [3.05, 3.63) is 23.8 Å². The van der Waals surface area contributed by atoms with Gasteiger partial charge >= 0.3 is 0 Å². The third-order valence-electron chi connectivity index (χ3n) is 2.23. The maximum Gasteiger partial charge on any atom is 0.0795 e. The van der Waals surface area contributed by atoms with Gasteiger partial charge in [0.15, 0.2) is 0 Å². The highest BCUT2D eigenvalue weighted by atomic mass is 16.5. The molecule has 0 aromatic carbocycles. The van der Waals surface area contributed by atoms with Crippen molar-refractivity contribution in [2.75, 3.05) is 6.61 Å². The first-order valence-corrected chi connectivity index (χ1v) is 5.15. The number of hydrogen-bond donors (Lipinski definition) is 0. The molecule has 0 bridgehead atoms.